The first-order valence-electron chi connectivity index (χ1n) is 5.54. The summed E-state index contributed by atoms with van der Waals surface area (Å²) in [6.07, 6.45) is 0.582. The van der Waals surface area contributed by atoms with Gasteiger partial charge in [-0.1, -0.05) is 11.6 Å². The summed E-state index contributed by atoms with van der Waals surface area (Å²) in [5.74, 6) is 0.255. The highest BCUT2D eigenvalue weighted by Gasteiger charge is 2.29. The van der Waals surface area contributed by atoms with Crippen LogP contribution in [0.15, 0.2) is 12.1 Å². The molecule has 0 radical (unpaired) electrons. The second kappa shape index (κ2) is 4.38. The summed E-state index contributed by atoms with van der Waals surface area (Å²) < 4.78 is 0. The molecule has 0 bridgehead atoms. The third-order valence-electron chi connectivity index (χ3n) is 3.25. The van der Waals surface area contributed by atoms with E-state index in [2.05, 4.69) is 6.07 Å². The van der Waals surface area contributed by atoms with E-state index in [1.165, 1.54) is 0 Å². The average Bonchev–Trinajstić information content (AvgIpc) is 2.63. The number of hydrogen-bond acceptors (Lipinski definition) is 3. The summed E-state index contributed by atoms with van der Waals surface area (Å²) in [7, 11) is 0. The zero-order valence-electron chi connectivity index (χ0n) is 9.83. The highest BCUT2D eigenvalue weighted by Crippen LogP contribution is 2.31. The van der Waals surface area contributed by atoms with E-state index < -0.39 is 0 Å². The fraction of sp³-hybridized carbons (Fsp3) is 0.385. The fourth-order valence-corrected chi connectivity index (χ4v) is 2.40. The number of hydrogen-bond donors (Lipinski definition) is 0. The van der Waals surface area contributed by atoms with Crippen molar-refractivity contribution in [3.05, 3.63) is 28.3 Å². The number of ketones is 1. The third-order valence-corrected chi connectivity index (χ3v) is 3.56. The molecule has 2 rings (SSSR count). The molecule has 1 aromatic carbocycles. The lowest BCUT2D eigenvalue weighted by Crippen LogP contribution is -2.30. The number of carbonyl (C=O) groups is 1. The molecule has 3 nitrogen and oxygen atoms in total. The second-order valence-corrected chi connectivity index (χ2v) is 4.72. The summed E-state index contributed by atoms with van der Waals surface area (Å²) in [6, 6.07) is 5.51. The molecule has 1 heterocycles. The SMILES string of the molecule is Cc1cc(C#N)c(Cl)cc1N1CCC(=O)[C@@H]1C. The zero-order chi connectivity index (χ0) is 12.6. The number of anilines is 1. The largest absolute Gasteiger partial charge is 0.361 e. The molecule has 1 saturated heterocycles. The summed E-state index contributed by atoms with van der Waals surface area (Å²) in [6.45, 7) is 4.56. The van der Waals surface area contributed by atoms with Gasteiger partial charge in [0.2, 0.25) is 0 Å². The van der Waals surface area contributed by atoms with Crippen molar-refractivity contribution in [1.82, 2.24) is 0 Å². The smallest absolute Gasteiger partial charge is 0.156 e. The first kappa shape index (κ1) is 11.9. The van der Waals surface area contributed by atoms with Gasteiger partial charge in [-0.05, 0) is 31.5 Å². The van der Waals surface area contributed by atoms with Gasteiger partial charge in [0.15, 0.2) is 5.78 Å². The van der Waals surface area contributed by atoms with Crippen LogP contribution in [0.4, 0.5) is 5.69 Å². The van der Waals surface area contributed by atoms with Gasteiger partial charge in [0, 0.05) is 18.7 Å². The van der Waals surface area contributed by atoms with Gasteiger partial charge in [-0.25, -0.2) is 0 Å². The number of Topliss-reactive ketones (excluding diaryl/α,β-unsaturated/α-hetero) is 1. The molecular formula is C13H13ClN2O. The van der Waals surface area contributed by atoms with Crippen LogP contribution in [0.3, 0.4) is 0 Å². The van der Waals surface area contributed by atoms with E-state index in [0.29, 0.717) is 17.0 Å². The predicted octanol–water partition coefficient (Wildman–Crippen LogP) is 2.69. The predicted molar refractivity (Wildman–Crippen MR) is 67.3 cm³/mol. The minimum atomic E-state index is -0.0993. The van der Waals surface area contributed by atoms with Crippen molar-refractivity contribution in [2.24, 2.45) is 0 Å². The van der Waals surface area contributed by atoms with Gasteiger partial charge in [0.25, 0.3) is 0 Å². The van der Waals surface area contributed by atoms with Gasteiger partial charge in [0.05, 0.1) is 16.6 Å². The monoisotopic (exact) mass is 248 g/mol. The Balaban J connectivity index is 2.44. The minimum Gasteiger partial charge on any atom is -0.361 e. The Morgan fingerprint density at radius 2 is 2.24 bits per heavy atom. The van der Waals surface area contributed by atoms with Crippen LogP contribution in [0.2, 0.25) is 5.02 Å². The van der Waals surface area contributed by atoms with Crippen molar-refractivity contribution in [3.8, 4) is 6.07 Å². The molecule has 1 aliphatic heterocycles. The maximum absolute atomic E-state index is 11.6. The molecule has 4 heteroatoms. The van der Waals surface area contributed by atoms with Gasteiger partial charge >= 0.3 is 0 Å². The van der Waals surface area contributed by atoms with E-state index in [-0.39, 0.29) is 11.8 Å². The van der Waals surface area contributed by atoms with Gasteiger partial charge in [-0.3, -0.25) is 4.79 Å². The molecule has 1 aliphatic rings. The molecule has 0 aliphatic carbocycles. The highest BCUT2D eigenvalue weighted by atomic mass is 35.5. The second-order valence-electron chi connectivity index (χ2n) is 4.32. The quantitative estimate of drug-likeness (QED) is 0.768. The Hall–Kier alpha value is -1.53. The summed E-state index contributed by atoms with van der Waals surface area (Å²) >= 11 is 6.03. The zero-order valence-corrected chi connectivity index (χ0v) is 10.6. The van der Waals surface area contributed by atoms with Crippen LogP contribution < -0.4 is 4.90 Å². The van der Waals surface area contributed by atoms with Crippen LogP contribution in [0.25, 0.3) is 0 Å². The number of carbonyl (C=O) groups excluding carboxylic acids is 1. The van der Waals surface area contributed by atoms with Gasteiger partial charge in [0.1, 0.15) is 6.07 Å². The Bertz CT molecular complexity index is 519. The molecule has 1 fully saturated rings. The molecule has 0 aromatic heterocycles. The lowest BCUT2D eigenvalue weighted by atomic mass is 10.1. The van der Waals surface area contributed by atoms with E-state index in [0.717, 1.165) is 17.8 Å². The van der Waals surface area contributed by atoms with Crippen LogP contribution in [-0.4, -0.2) is 18.4 Å². The summed E-state index contributed by atoms with van der Waals surface area (Å²) in [5.41, 5.74) is 2.41. The first-order chi connectivity index (χ1) is 8.04. The van der Waals surface area contributed by atoms with E-state index in [1.54, 1.807) is 12.1 Å². The number of nitriles is 1. The molecule has 88 valence electrons. The molecule has 17 heavy (non-hydrogen) atoms. The number of nitrogens with zero attached hydrogens (tertiary/aromatic N) is 2. The lowest BCUT2D eigenvalue weighted by Gasteiger charge is -2.24. The highest BCUT2D eigenvalue weighted by molar-refractivity contribution is 6.32. The Labute approximate surface area is 106 Å². The maximum atomic E-state index is 11.6. The summed E-state index contributed by atoms with van der Waals surface area (Å²) in [5, 5.41) is 9.34. The van der Waals surface area contributed by atoms with E-state index in [9.17, 15) is 4.79 Å². The number of rotatable bonds is 1. The molecule has 0 saturated carbocycles. The van der Waals surface area contributed by atoms with Crippen molar-refractivity contribution in [3.63, 3.8) is 0 Å². The van der Waals surface area contributed by atoms with Gasteiger partial charge in [-0.15, -0.1) is 0 Å². The molecule has 0 unspecified atom stereocenters. The fourth-order valence-electron chi connectivity index (χ4n) is 2.20. The van der Waals surface area contributed by atoms with Crippen molar-refractivity contribution in [2.45, 2.75) is 26.3 Å². The average molecular weight is 249 g/mol. The van der Waals surface area contributed by atoms with Crippen molar-refractivity contribution in [2.75, 3.05) is 11.4 Å². The van der Waals surface area contributed by atoms with Crippen LogP contribution in [0.5, 0.6) is 0 Å². The van der Waals surface area contributed by atoms with Gasteiger partial charge in [-0.2, -0.15) is 5.26 Å². The van der Waals surface area contributed by atoms with Gasteiger partial charge < -0.3 is 4.90 Å². The number of benzene rings is 1. The van der Waals surface area contributed by atoms with Crippen LogP contribution >= 0.6 is 11.6 Å². The normalized spacial score (nSPS) is 19.5. The van der Waals surface area contributed by atoms with Crippen molar-refractivity contribution in [1.29, 1.82) is 5.26 Å². The first-order valence-corrected chi connectivity index (χ1v) is 5.92. The van der Waals surface area contributed by atoms with Crippen LogP contribution in [-0.2, 0) is 4.79 Å². The van der Waals surface area contributed by atoms with Crippen LogP contribution in [0, 0.1) is 18.3 Å². The van der Waals surface area contributed by atoms with E-state index in [4.69, 9.17) is 16.9 Å². The lowest BCUT2D eigenvalue weighted by molar-refractivity contribution is -0.118. The van der Waals surface area contributed by atoms with Crippen molar-refractivity contribution < 1.29 is 4.79 Å². The number of aryl methyl sites for hydroxylation is 1. The third kappa shape index (κ3) is 2.01. The Morgan fingerprint density at radius 1 is 1.53 bits per heavy atom. The van der Waals surface area contributed by atoms with Crippen LogP contribution in [0.1, 0.15) is 24.5 Å². The minimum absolute atomic E-state index is 0.0993. The van der Waals surface area contributed by atoms with E-state index in [1.807, 2.05) is 18.7 Å². The summed E-state index contributed by atoms with van der Waals surface area (Å²) in [4.78, 5) is 13.6. The Kier molecular flexibility index (Phi) is 3.08. The molecule has 0 amide bonds. The molecule has 1 aromatic rings. The standard InChI is InChI=1S/C13H13ClN2O/c1-8-5-10(7-15)11(14)6-12(8)16-4-3-13(17)9(16)2/h5-6,9H,3-4H2,1-2H3/t9-/m0/s1. The Morgan fingerprint density at radius 3 is 2.76 bits per heavy atom. The van der Waals surface area contributed by atoms with Crippen molar-refractivity contribution >= 4 is 23.1 Å². The molecule has 1 atom stereocenters. The molecule has 0 N–H and O–H groups in total. The number of halogens is 1. The molecular weight excluding hydrogens is 236 g/mol. The maximum Gasteiger partial charge on any atom is 0.156 e. The topological polar surface area (TPSA) is 44.1 Å². The van der Waals surface area contributed by atoms with E-state index >= 15 is 0 Å². The molecule has 0 spiro atoms.